The molecule has 2 rings (SSSR count). The molecule has 2 atom stereocenters. The van der Waals surface area contributed by atoms with E-state index in [4.69, 9.17) is 4.52 Å². The van der Waals surface area contributed by atoms with Gasteiger partial charge in [0.2, 0.25) is 0 Å². The van der Waals surface area contributed by atoms with Gasteiger partial charge in [-0.3, -0.25) is 9.36 Å². The molecule has 92 valence electrons. The van der Waals surface area contributed by atoms with Gasteiger partial charge >= 0.3 is 5.97 Å². The molecule has 6 heteroatoms. The van der Waals surface area contributed by atoms with Crippen molar-refractivity contribution in [3.63, 3.8) is 0 Å². The van der Waals surface area contributed by atoms with Crippen LogP contribution in [0.25, 0.3) is 0 Å². The second kappa shape index (κ2) is 5.00. The lowest BCUT2D eigenvalue weighted by Crippen LogP contribution is -2.35. The molecule has 1 heterocycles. The molecular formula is C11H14NO4P. The van der Waals surface area contributed by atoms with E-state index in [1.54, 1.807) is 12.1 Å². The smallest absolute Gasteiger partial charge is 0.326 e. The van der Waals surface area contributed by atoms with Crippen molar-refractivity contribution in [3.05, 3.63) is 35.4 Å². The summed E-state index contributed by atoms with van der Waals surface area (Å²) in [6.07, 6.45) is 0.694. The molecule has 1 aliphatic rings. The fourth-order valence-electron chi connectivity index (χ4n) is 2.15. The van der Waals surface area contributed by atoms with Crippen molar-refractivity contribution in [2.45, 2.75) is 12.5 Å². The van der Waals surface area contributed by atoms with E-state index in [1.807, 2.05) is 12.1 Å². The number of rotatable bonds is 3. The number of aliphatic carboxylic acids is 1. The maximum absolute atomic E-state index is 11.7. The third-order valence-electron chi connectivity index (χ3n) is 2.93. The van der Waals surface area contributed by atoms with E-state index in [2.05, 4.69) is 0 Å². The molecule has 1 aliphatic heterocycles. The Balaban J connectivity index is 2.43. The van der Waals surface area contributed by atoms with Crippen LogP contribution in [0.3, 0.4) is 0 Å². The highest BCUT2D eigenvalue weighted by Gasteiger charge is 2.35. The average molecular weight is 255 g/mol. The van der Waals surface area contributed by atoms with Crippen LogP contribution in [-0.2, 0) is 20.3 Å². The maximum atomic E-state index is 11.7. The Bertz CT molecular complexity index is 463. The Morgan fingerprint density at radius 2 is 2.24 bits per heavy atom. The Labute approximate surface area is 99.9 Å². The standard InChI is InChI=1S/C11H14NO4P/c1-16-17(15)12-7-6-8-4-2-3-5-9(8)10(12)11(13)14/h2-5,10,17H,6-7H2,1H3,(H,13,14). The predicted octanol–water partition coefficient (Wildman–Crippen LogP) is 1.71. The van der Waals surface area contributed by atoms with E-state index < -0.39 is 20.2 Å². The summed E-state index contributed by atoms with van der Waals surface area (Å²) in [7, 11) is -1.13. The summed E-state index contributed by atoms with van der Waals surface area (Å²) in [5.74, 6) is -0.993. The predicted molar refractivity (Wildman–Crippen MR) is 63.2 cm³/mol. The first kappa shape index (κ1) is 12.3. The lowest BCUT2D eigenvalue weighted by atomic mass is 9.94. The first-order valence-corrected chi connectivity index (χ1v) is 6.56. The van der Waals surface area contributed by atoms with Crippen LogP contribution in [0, 0.1) is 0 Å². The van der Waals surface area contributed by atoms with Crippen molar-refractivity contribution in [2.75, 3.05) is 13.7 Å². The minimum absolute atomic E-state index is 0.444. The van der Waals surface area contributed by atoms with Gasteiger partial charge in [-0.2, -0.15) is 0 Å². The van der Waals surface area contributed by atoms with Gasteiger partial charge in [-0.05, 0) is 17.5 Å². The van der Waals surface area contributed by atoms with Crippen LogP contribution in [0.4, 0.5) is 0 Å². The third-order valence-corrected chi connectivity index (χ3v) is 4.23. The van der Waals surface area contributed by atoms with E-state index in [1.165, 1.54) is 11.8 Å². The molecule has 0 saturated heterocycles. The molecule has 1 N–H and O–H groups in total. The number of hydrogen-bond donors (Lipinski definition) is 1. The van der Waals surface area contributed by atoms with Crippen LogP contribution in [-0.4, -0.2) is 29.4 Å². The first-order valence-electron chi connectivity index (χ1n) is 5.30. The van der Waals surface area contributed by atoms with Gasteiger partial charge in [0.1, 0.15) is 6.04 Å². The highest BCUT2D eigenvalue weighted by Crippen LogP contribution is 2.41. The Hall–Kier alpha value is -1.16. The van der Waals surface area contributed by atoms with Gasteiger partial charge in [0, 0.05) is 13.7 Å². The molecular weight excluding hydrogens is 241 g/mol. The first-order chi connectivity index (χ1) is 8.15. The molecule has 2 unspecified atom stereocenters. The van der Waals surface area contributed by atoms with Gasteiger partial charge in [-0.1, -0.05) is 24.3 Å². The van der Waals surface area contributed by atoms with E-state index in [9.17, 15) is 14.5 Å². The van der Waals surface area contributed by atoms with Gasteiger partial charge in [-0.15, -0.1) is 0 Å². The number of benzene rings is 1. The van der Waals surface area contributed by atoms with E-state index in [0.29, 0.717) is 18.5 Å². The molecule has 0 spiro atoms. The Morgan fingerprint density at radius 3 is 2.88 bits per heavy atom. The third kappa shape index (κ3) is 2.27. The fraction of sp³-hybridized carbons (Fsp3) is 0.364. The topological polar surface area (TPSA) is 66.8 Å². The fourth-order valence-corrected chi connectivity index (χ4v) is 3.14. The van der Waals surface area contributed by atoms with E-state index >= 15 is 0 Å². The zero-order valence-corrected chi connectivity index (χ0v) is 10.4. The lowest BCUT2D eigenvalue weighted by molar-refractivity contribution is -0.142. The molecule has 0 aromatic heterocycles. The number of nitrogens with zero attached hydrogens (tertiary/aromatic N) is 1. The number of hydrogen-bond acceptors (Lipinski definition) is 3. The van der Waals surface area contributed by atoms with E-state index in [0.717, 1.165) is 5.56 Å². The normalized spacial score (nSPS) is 21.8. The highest BCUT2D eigenvalue weighted by atomic mass is 31.1. The van der Waals surface area contributed by atoms with Gasteiger partial charge < -0.3 is 9.63 Å². The number of fused-ring (bicyclic) bond motifs is 1. The summed E-state index contributed by atoms with van der Waals surface area (Å²) >= 11 is 0. The monoisotopic (exact) mass is 255 g/mol. The number of carboxylic acid groups (broad SMARTS) is 1. The molecule has 5 nitrogen and oxygen atoms in total. The van der Waals surface area contributed by atoms with E-state index in [-0.39, 0.29) is 0 Å². The zero-order valence-electron chi connectivity index (χ0n) is 9.42. The summed E-state index contributed by atoms with van der Waals surface area (Å²) in [5, 5.41) is 9.28. The molecule has 0 bridgehead atoms. The molecule has 1 aromatic rings. The molecule has 0 saturated carbocycles. The van der Waals surface area contributed by atoms with Crippen molar-refractivity contribution < 1.29 is 19.0 Å². The maximum Gasteiger partial charge on any atom is 0.326 e. The van der Waals surface area contributed by atoms with Crippen LogP contribution in [0.1, 0.15) is 17.2 Å². The molecule has 0 aliphatic carbocycles. The second-order valence-electron chi connectivity index (χ2n) is 3.85. The summed E-state index contributed by atoms with van der Waals surface area (Å²) in [5.41, 5.74) is 1.71. The molecule has 0 radical (unpaired) electrons. The summed E-state index contributed by atoms with van der Waals surface area (Å²) in [4.78, 5) is 11.3. The second-order valence-corrected chi connectivity index (χ2v) is 5.37. The number of carbonyl (C=O) groups is 1. The van der Waals surface area contributed by atoms with Gasteiger partial charge in [0.05, 0.1) is 0 Å². The van der Waals surface area contributed by atoms with Crippen LogP contribution >= 0.6 is 8.18 Å². The minimum Gasteiger partial charge on any atom is -0.480 e. The largest absolute Gasteiger partial charge is 0.480 e. The van der Waals surface area contributed by atoms with Crippen molar-refractivity contribution in [3.8, 4) is 0 Å². The highest BCUT2D eigenvalue weighted by molar-refractivity contribution is 7.36. The zero-order chi connectivity index (χ0) is 12.4. The Kier molecular flexibility index (Phi) is 3.62. The summed E-state index contributed by atoms with van der Waals surface area (Å²) < 4.78 is 17.9. The van der Waals surface area contributed by atoms with Crippen LogP contribution in [0.2, 0.25) is 0 Å². The van der Waals surface area contributed by atoms with Crippen LogP contribution in [0.5, 0.6) is 0 Å². The lowest BCUT2D eigenvalue weighted by Gasteiger charge is -2.33. The van der Waals surface area contributed by atoms with Crippen molar-refractivity contribution >= 4 is 14.1 Å². The molecule has 0 fully saturated rings. The van der Waals surface area contributed by atoms with Gasteiger partial charge in [0.25, 0.3) is 8.18 Å². The summed E-state index contributed by atoms with van der Waals surface area (Å²) in [6, 6.07) is 6.48. The molecule has 1 aromatic carbocycles. The van der Waals surface area contributed by atoms with Crippen molar-refractivity contribution in [1.29, 1.82) is 0 Å². The number of carboxylic acids is 1. The van der Waals surface area contributed by atoms with Crippen molar-refractivity contribution in [2.24, 2.45) is 0 Å². The van der Waals surface area contributed by atoms with Gasteiger partial charge in [-0.25, -0.2) is 4.67 Å². The molecule has 17 heavy (non-hydrogen) atoms. The molecule has 0 amide bonds. The quantitative estimate of drug-likeness (QED) is 0.833. The van der Waals surface area contributed by atoms with Gasteiger partial charge in [0.15, 0.2) is 0 Å². The van der Waals surface area contributed by atoms with Crippen LogP contribution in [0.15, 0.2) is 24.3 Å². The minimum atomic E-state index is -2.46. The summed E-state index contributed by atoms with van der Waals surface area (Å²) in [6.45, 7) is 0.444. The average Bonchev–Trinajstić information content (AvgIpc) is 2.36. The Morgan fingerprint density at radius 1 is 1.53 bits per heavy atom. The van der Waals surface area contributed by atoms with Crippen molar-refractivity contribution in [1.82, 2.24) is 4.67 Å². The SMILES string of the molecule is CO[PH](=O)N1CCc2ccccc2C1C(=O)O. The van der Waals surface area contributed by atoms with Crippen LogP contribution < -0.4 is 0 Å².